The van der Waals surface area contributed by atoms with Gasteiger partial charge in [-0.3, -0.25) is 39.2 Å². The lowest BCUT2D eigenvalue weighted by Crippen LogP contribution is -2.48. The van der Waals surface area contributed by atoms with Gasteiger partial charge in [0.2, 0.25) is 10.0 Å². The van der Waals surface area contributed by atoms with Crippen LogP contribution in [0.5, 0.6) is 0 Å². The number of rotatable bonds is 8. The number of nitrogens with two attached hydrogens (primary N) is 1. The van der Waals surface area contributed by atoms with Crippen molar-refractivity contribution in [3.8, 4) is 0 Å². The highest BCUT2D eigenvalue weighted by Crippen LogP contribution is 2.42. The molecule has 20 nitrogen and oxygen atoms in total. The Morgan fingerprint density at radius 3 is 1.52 bits per heavy atom. The number of thioether (sulfide) groups is 2. The molecule has 2 saturated heterocycles. The van der Waals surface area contributed by atoms with Crippen LogP contribution in [-0.2, 0) is 48.4 Å². The first-order valence-corrected chi connectivity index (χ1v) is 24.1. The van der Waals surface area contributed by atoms with Crippen molar-refractivity contribution in [2.24, 2.45) is 5.73 Å². The standard InChI is InChI=1S/C11H14N2O4S2.C6H11NO2S.C5H4ClNO2S.C5H5NO3S.C5H11NO2S.CH2O/c1-11(2)9(10(14)15)13(7-18-11)19(16,17)8-4-3-5-12-6-8;1-6(2)4(5(8)9)7-3-10-6;6-10(8,9)5-2-1-3-7-4-5;7-10(8,9)5-2-1-3-6-4-5;1-5(2,9)3(6)4(7)8;1-2/h3-6,9H,7H2,1-2H3,(H,14,15);4,7H,3H2,1-2H3,(H,8,9);1-4H;1-4H,(H,7,8,9);3,9H,6H2,1-2H3,(H,7,8);1H2/t9-;4-;;;3-;/m11..1./s1. The second kappa shape index (κ2) is 24.3. The molecular formula is C33H47ClN6O14S6. The summed E-state index contributed by atoms with van der Waals surface area (Å²) in [6.07, 6.45) is 7.87. The molecule has 0 unspecified atom stereocenters. The number of nitrogens with zero attached hydrogens (tertiary/aromatic N) is 4. The number of hydrogen-bond donors (Lipinski definition) is 7. The molecule has 0 radical (unpaired) electrons. The zero-order chi connectivity index (χ0) is 46.9. The fourth-order valence-corrected chi connectivity index (χ4v) is 9.66. The van der Waals surface area contributed by atoms with E-state index in [9.17, 15) is 44.7 Å². The van der Waals surface area contributed by atoms with Gasteiger partial charge in [0.25, 0.3) is 19.2 Å². The quantitative estimate of drug-likeness (QED) is 0.0969. The summed E-state index contributed by atoms with van der Waals surface area (Å²) in [6, 6.07) is 6.14. The van der Waals surface area contributed by atoms with Crippen LogP contribution in [0, 0.1) is 0 Å². The second-order valence-corrected chi connectivity index (χ2v) is 23.6. The first-order valence-electron chi connectivity index (χ1n) is 16.5. The van der Waals surface area contributed by atoms with E-state index in [4.69, 9.17) is 36.0 Å². The summed E-state index contributed by atoms with van der Waals surface area (Å²) < 4.78 is 74.7. The second-order valence-electron chi connectivity index (χ2n) is 13.3. The zero-order valence-corrected chi connectivity index (χ0v) is 38.6. The largest absolute Gasteiger partial charge is 0.480 e. The molecule has 336 valence electrons. The summed E-state index contributed by atoms with van der Waals surface area (Å²) in [5.41, 5.74) is 5.22. The summed E-state index contributed by atoms with van der Waals surface area (Å²) in [5.74, 6) is -2.04. The van der Waals surface area contributed by atoms with Crippen LogP contribution in [0.2, 0.25) is 0 Å². The van der Waals surface area contributed by atoms with Gasteiger partial charge in [0, 0.05) is 68.0 Å². The third-order valence-corrected chi connectivity index (χ3v) is 14.6. The Labute approximate surface area is 367 Å². The highest BCUT2D eigenvalue weighted by atomic mass is 35.7. The van der Waals surface area contributed by atoms with Crippen LogP contribution < -0.4 is 11.1 Å². The molecule has 5 rings (SSSR count). The minimum absolute atomic E-state index is 0.0135. The molecule has 0 aromatic carbocycles. The van der Waals surface area contributed by atoms with Crippen molar-refractivity contribution in [2.75, 3.05) is 11.8 Å². The molecule has 3 atom stereocenters. The fourth-order valence-electron chi connectivity index (χ4n) is 4.31. The molecule has 2 aliphatic rings. The van der Waals surface area contributed by atoms with E-state index in [2.05, 4.69) is 32.9 Å². The first-order chi connectivity index (χ1) is 27.4. The molecule has 0 spiro atoms. The van der Waals surface area contributed by atoms with Gasteiger partial charge in [-0.15, -0.1) is 23.5 Å². The van der Waals surface area contributed by atoms with Crippen LogP contribution in [0.1, 0.15) is 41.5 Å². The number of carbonyl (C=O) groups is 4. The Kier molecular flexibility index (Phi) is 22.9. The van der Waals surface area contributed by atoms with Gasteiger partial charge in [-0.1, -0.05) is 0 Å². The molecule has 2 aliphatic heterocycles. The first kappa shape index (κ1) is 56.6. The van der Waals surface area contributed by atoms with Crippen molar-refractivity contribution in [3.63, 3.8) is 0 Å². The monoisotopic (exact) mass is 978 g/mol. The maximum Gasteiger partial charge on any atom is 0.323 e. The van der Waals surface area contributed by atoms with Gasteiger partial charge in [0.15, 0.2) is 0 Å². The molecule has 0 bridgehead atoms. The van der Waals surface area contributed by atoms with Gasteiger partial charge >= 0.3 is 17.9 Å². The van der Waals surface area contributed by atoms with Crippen molar-refractivity contribution in [1.29, 1.82) is 0 Å². The van der Waals surface area contributed by atoms with Crippen LogP contribution >= 0.6 is 46.8 Å². The Balaban J connectivity index is 0.000000745. The third kappa shape index (κ3) is 18.7. The van der Waals surface area contributed by atoms with Crippen molar-refractivity contribution in [2.45, 2.75) is 88.6 Å². The predicted octanol–water partition coefficient (Wildman–Crippen LogP) is 2.78. The Bertz CT molecular complexity index is 2100. The highest BCUT2D eigenvalue weighted by Gasteiger charge is 2.51. The summed E-state index contributed by atoms with van der Waals surface area (Å²) in [5, 5.41) is 29.2. The molecule has 5 heterocycles. The third-order valence-electron chi connectivity index (χ3n) is 7.53. The van der Waals surface area contributed by atoms with Gasteiger partial charge in [0.05, 0.1) is 5.88 Å². The van der Waals surface area contributed by atoms with Gasteiger partial charge in [-0.05, 0) is 77.9 Å². The van der Waals surface area contributed by atoms with Gasteiger partial charge in [-0.25, -0.2) is 16.8 Å². The number of carbonyl (C=O) groups excluding carboxylic acids is 1. The number of nitrogens with one attached hydrogen (secondary N) is 1. The Morgan fingerprint density at radius 1 is 0.850 bits per heavy atom. The molecule has 3 aromatic rings. The highest BCUT2D eigenvalue weighted by molar-refractivity contribution is 8.13. The number of carboxylic acids is 3. The summed E-state index contributed by atoms with van der Waals surface area (Å²) in [7, 11) is -6.50. The lowest BCUT2D eigenvalue weighted by atomic mass is 10.0. The average molecular weight is 980 g/mol. The van der Waals surface area contributed by atoms with Gasteiger partial charge < -0.3 is 25.8 Å². The molecule has 27 heteroatoms. The van der Waals surface area contributed by atoms with Crippen LogP contribution in [0.15, 0.2) is 88.3 Å². The zero-order valence-electron chi connectivity index (χ0n) is 32.9. The smallest absolute Gasteiger partial charge is 0.323 e. The van der Waals surface area contributed by atoms with E-state index in [0.717, 1.165) is 16.4 Å². The van der Waals surface area contributed by atoms with Gasteiger partial charge in [-0.2, -0.15) is 25.4 Å². The van der Waals surface area contributed by atoms with E-state index in [0.29, 0.717) is 0 Å². The fraction of sp³-hybridized carbons (Fsp3) is 0.424. The van der Waals surface area contributed by atoms with E-state index in [1.165, 1.54) is 79.1 Å². The van der Waals surface area contributed by atoms with Crippen molar-refractivity contribution in [3.05, 3.63) is 73.6 Å². The minimum atomic E-state index is -4.07. The summed E-state index contributed by atoms with van der Waals surface area (Å²) >= 11 is 6.94. The maximum atomic E-state index is 12.4. The number of carboxylic acid groups (broad SMARTS) is 3. The number of hydrogen-bond acceptors (Lipinski definition) is 18. The number of aliphatic carboxylic acids is 3. The molecular weight excluding hydrogens is 932 g/mol. The van der Waals surface area contributed by atoms with E-state index in [1.807, 2.05) is 20.6 Å². The van der Waals surface area contributed by atoms with E-state index < -0.39 is 74.7 Å². The Morgan fingerprint density at radius 2 is 1.28 bits per heavy atom. The van der Waals surface area contributed by atoms with E-state index in [-0.39, 0.29) is 25.3 Å². The SMILES string of the molecule is C=O.CC(C)(S)[C@H](N)C(=O)O.CC1(C)SCN(S(=O)(=O)c2cccnc2)[C@@H]1C(=O)O.CC1(C)SCN[C@@H]1C(=O)O.O=S(=O)(Cl)c1cccnc1.O=S(=O)(O)c1cccnc1. The van der Waals surface area contributed by atoms with Crippen LogP contribution in [0.3, 0.4) is 0 Å². The summed E-state index contributed by atoms with van der Waals surface area (Å²) in [6.45, 7) is 12.7. The van der Waals surface area contributed by atoms with E-state index >= 15 is 0 Å². The molecule has 0 amide bonds. The van der Waals surface area contributed by atoms with Crippen LogP contribution in [-0.4, -0.2) is 133 Å². The number of aromatic nitrogens is 3. The molecule has 60 heavy (non-hydrogen) atoms. The molecule has 3 aromatic heterocycles. The molecule has 0 saturated carbocycles. The lowest BCUT2D eigenvalue weighted by molar-refractivity contribution is -0.142. The van der Waals surface area contributed by atoms with Crippen molar-refractivity contribution < 1.29 is 64.3 Å². The normalized spacial score (nSPS) is 18.6. The van der Waals surface area contributed by atoms with Crippen LogP contribution in [0.4, 0.5) is 0 Å². The average Bonchev–Trinajstić information content (AvgIpc) is 3.70. The van der Waals surface area contributed by atoms with Crippen LogP contribution in [0.25, 0.3) is 0 Å². The van der Waals surface area contributed by atoms with E-state index in [1.54, 1.807) is 39.5 Å². The lowest BCUT2D eigenvalue weighted by Gasteiger charge is -2.27. The molecule has 2 fully saturated rings. The number of thiol groups is 1. The number of halogens is 1. The van der Waals surface area contributed by atoms with Crippen molar-refractivity contribution in [1.82, 2.24) is 24.6 Å². The van der Waals surface area contributed by atoms with Gasteiger partial charge in [0.1, 0.15) is 39.6 Å². The summed E-state index contributed by atoms with van der Waals surface area (Å²) in [4.78, 5) is 50.8. The predicted molar refractivity (Wildman–Crippen MR) is 229 cm³/mol. The topological polar surface area (TPSA) is 332 Å². The molecule has 7 N–H and O–H groups in total. The Hall–Kier alpha value is -3.44. The minimum Gasteiger partial charge on any atom is -0.480 e. The number of pyridine rings is 3. The molecule has 0 aliphatic carbocycles. The maximum absolute atomic E-state index is 12.4. The van der Waals surface area contributed by atoms with Crippen molar-refractivity contribution >= 4 is 101 Å². The number of sulfonamides is 1.